The van der Waals surface area contributed by atoms with Crippen LogP contribution in [0.4, 0.5) is 0 Å². The minimum absolute atomic E-state index is 0.187. The summed E-state index contributed by atoms with van der Waals surface area (Å²) >= 11 is 0. The molecular formula is C18H21N3O2. The maximum atomic E-state index is 12.6. The highest BCUT2D eigenvalue weighted by Crippen LogP contribution is 2.37. The first-order valence-electron chi connectivity index (χ1n) is 8.28. The fraction of sp³-hybridized carbons (Fsp3) is 0.444. The third kappa shape index (κ3) is 2.96. The summed E-state index contributed by atoms with van der Waals surface area (Å²) < 4.78 is 8.01. The zero-order valence-corrected chi connectivity index (χ0v) is 13.0. The summed E-state index contributed by atoms with van der Waals surface area (Å²) in [5, 5.41) is 0. The van der Waals surface area contributed by atoms with Gasteiger partial charge >= 0.3 is 0 Å². The Bertz CT molecular complexity index is 642. The van der Waals surface area contributed by atoms with E-state index in [0.717, 1.165) is 31.4 Å². The van der Waals surface area contributed by atoms with Crippen LogP contribution in [-0.2, 0) is 11.3 Å². The summed E-state index contributed by atoms with van der Waals surface area (Å²) in [4.78, 5) is 18.9. The second-order valence-corrected chi connectivity index (χ2v) is 6.44. The highest BCUT2D eigenvalue weighted by atomic mass is 16.5. The zero-order chi connectivity index (χ0) is 15.6. The minimum atomic E-state index is 0.187. The molecule has 2 bridgehead atoms. The maximum Gasteiger partial charge on any atom is 0.242 e. The summed E-state index contributed by atoms with van der Waals surface area (Å²) in [5.41, 5.74) is 0. The van der Waals surface area contributed by atoms with E-state index in [0.29, 0.717) is 18.6 Å². The van der Waals surface area contributed by atoms with E-state index in [2.05, 4.69) is 9.88 Å². The Hall–Kier alpha value is -2.30. The molecule has 2 aromatic heterocycles. The van der Waals surface area contributed by atoms with Gasteiger partial charge in [0.1, 0.15) is 18.4 Å². The van der Waals surface area contributed by atoms with Crippen molar-refractivity contribution < 1.29 is 9.53 Å². The van der Waals surface area contributed by atoms with E-state index >= 15 is 0 Å². The quantitative estimate of drug-likeness (QED) is 0.871. The van der Waals surface area contributed by atoms with Gasteiger partial charge < -0.3 is 14.2 Å². The van der Waals surface area contributed by atoms with Crippen LogP contribution in [0.5, 0.6) is 5.75 Å². The normalized spacial score (nSPS) is 26.3. The molecule has 1 amide bonds. The van der Waals surface area contributed by atoms with Crippen LogP contribution < -0.4 is 4.74 Å². The Balaban J connectivity index is 1.41. The molecule has 4 rings (SSSR count). The van der Waals surface area contributed by atoms with Crippen LogP contribution in [0.2, 0.25) is 0 Å². The van der Waals surface area contributed by atoms with Gasteiger partial charge in [0.15, 0.2) is 0 Å². The third-order valence-electron chi connectivity index (χ3n) is 4.90. The van der Waals surface area contributed by atoms with E-state index < -0.39 is 0 Å². The molecular weight excluding hydrogens is 290 g/mol. The molecule has 0 radical (unpaired) electrons. The maximum absolute atomic E-state index is 12.6. The van der Waals surface area contributed by atoms with Gasteiger partial charge in [-0.3, -0.25) is 9.78 Å². The van der Waals surface area contributed by atoms with Crippen LogP contribution in [0.1, 0.15) is 25.7 Å². The van der Waals surface area contributed by atoms with Crippen LogP contribution >= 0.6 is 0 Å². The van der Waals surface area contributed by atoms with Crippen molar-refractivity contribution in [3.05, 3.63) is 49.1 Å². The summed E-state index contributed by atoms with van der Waals surface area (Å²) in [7, 11) is 0. The van der Waals surface area contributed by atoms with Crippen molar-refractivity contribution in [1.29, 1.82) is 0 Å². The number of nitrogens with zero attached hydrogens (tertiary/aromatic N) is 3. The SMILES string of the molecule is O=C(Cn1cccc1)N1C2CCC1CC(Oc1cccnc1)C2. The van der Waals surface area contributed by atoms with E-state index in [1.165, 1.54) is 0 Å². The Morgan fingerprint density at radius 2 is 1.91 bits per heavy atom. The van der Waals surface area contributed by atoms with Crippen molar-refractivity contribution in [1.82, 2.24) is 14.5 Å². The lowest BCUT2D eigenvalue weighted by atomic mass is 9.99. The molecule has 2 fully saturated rings. The van der Waals surface area contributed by atoms with Crippen molar-refractivity contribution in [3.63, 3.8) is 0 Å². The lowest BCUT2D eigenvalue weighted by Crippen LogP contribution is -2.50. The molecule has 0 spiro atoms. The third-order valence-corrected chi connectivity index (χ3v) is 4.90. The molecule has 4 heterocycles. The average Bonchev–Trinajstić information content (AvgIpc) is 3.15. The Morgan fingerprint density at radius 3 is 2.57 bits per heavy atom. The van der Waals surface area contributed by atoms with Gasteiger partial charge in [-0.2, -0.15) is 0 Å². The number of ether oxygens (including phenoxy) is 1. The monoisotopic (exact) mass is 311 g/mol. The van der Waals surface area contributed by atoms with Crippen molar-refractivity contribution in [2.45, 2.75) is 50.4 Å². The number of hydrogen-bond acceptors (Lipinski definition) is 3. The molecule has 2 aliphatic rings. The fourth-order valence-corrected chi connectivity index (χ4v) is 3.95. The highest BCUT2D eigenvalue weighted by molar-refractivity contribution is 5.77. The Kier molecular flexibility index (Phi) is 3.77. The number of carbonyl (C=O) groups is 1. The number of fused-ring (bicyclic) bond motifs is 2. The predicted octanol–water partition coefficient (Wildman–Crippen LogP) is 2.48. The van der Waals surface area contributed by atoms with Crippen LogP contribution in [0.15, 0.2) is 49.1 Å². The van der Waals surface area contributed by atoms with Gasteiger partial charge in [-0.1, -0.05) is 0 Å². The van der Waals surface area contributed by atoms with Crippen LogP contribution in [-0.4, -0.2) is 38.5 Å². The molecule has 2 aliphatic heterocycles. The lowest BCUT2D eigenvalue weighted by Gasteiger charge is -2.39. The van der Waals surface area contributed by atoms with Gasteiger partial charge in [-0.15, -0.1) is 0 Å². The molecule has 0 saturated carbocycles. The topological polar surface area (TPSA) is 47.4 Å². The van der Waals surface area contributed by atoms with Crippen molar-refractivity contribution in [3.8, 4) is 5.75 Å². The van der Waals surface area contributed by atoms with Gasteiger partial charge in [0, 0.05) is 43.5 Å². The van der Waals surface area contributed by atoms with Crippen molar-refractivity contribution in [2.75, 3.05) is 0 Å². The average molecular weight is 311 g/mol. The summed E-state index contributed by atoms with van der Waals surface area (Å²) in [6.45, 7) is 0.439. The first-order chi connectivity index (χ1) is 11.3. The summed E-state index contributed by atoms with van der Waals surface area (Å²) in [5.74, 6) is 1.05. The van der Waals surface area contributed by atoms with E-state index in [-0.39, 0.29) is 12.0 Å². The summed E-state index contributed by atoms with van der Waals surface area (Å²) in [6, 6.07) is 8.38. The first kappa shape index (κ1) is 14.3. The molecule has 120 valence electrons. The van der Waals surface area contributed by atoms with E-state index in [1.807, 2.05) is 41.2 Å². The second kappa shape index (κ2) is 6.07. The van der Waals surface area contributed by atoms with Gasteiger partial charge in [-0.25, -0.2) is 0 Å². The van der Waals surface area contributed by atoms with Gasteiger partial charge in [0.25, 0.3) is 0 Å². The van der Waals surface area contributed by atoms with Crippen LogP contribution in [0, 0.1) is 0 Å². The molecule has 0 aromatic carbocycles. The number of aromatic nitrogens is 2. The van der Waals surface area contributed by atoms with Crippen LogP contribution in [0.25, 0.3) is 0 Å². The molecule has 23 heavy (non-hydrogen) atoms. The number of amides is 1. The highest BCUT2D eigenvalue weighted by Gasteiger charge is 2.43. The number of hydrogen-bond donors (Lipinski definition) is 0. The Labute approximate surface area is 135 Å². The van der Waals surface area contributed by atoms with Gasteiger partial charge in [-0.05, 0) is 37.1 Å². The Morgan fingerprint density at radius 1 is 1.17 bits per heavy atom. The first-order valence-corrected chi connectivity index (χ1v) is 8.28. The van der Waals surface area contributed by atoms with Gasteiger partial charge in [0.05, 0.1) is 6.20 Å². The fourth-order valence-electron chi connectivity index (χ4n) is 3.95. The molecule has 2 unspecified atom stereocenters. The number of carbonyl (C=O) groups excluding carboxylic acids is 1. The lowest BCUT2D eigenvalue weighted by molar-refractivity contribution is -0.137. The molecule has 5 nitrogen and oxygen atoms in total. The molecule has 5 heteroatoms. The standard InChI is InChI=1S/C18H21N3O2/c22-18(13-20-8-1-2-9-20)21-14-5-6-15(21)11-17(10-14)23-16-4-3-7-19-12-16/h1-4,7-9,12,14-15,17H,5-6,10-11,13H2. The molecule has 0 aliphatic carbocycles. The van der Waals surface area contributed by atoms with E-state index in [1.54, 1.807) is 12.4 Å². The van der Waals surface area contributed by atoms with Crippen molar-refractivity contribution in [2.24, 2.45) is 0 Å². The van der Waals surface area contributed by atoms with E-state index in [4.69, 9.17) is 4.74 Å². The molecule has 2 aromatic rings. The zero-order valence-electron chi connectivity index (χ0n) is 13.0. The second-order valence-electron chi connectivity index (χ2n) is 6.44. The summed E-state index contributed by atoms with van der Waals surface area (Å²) in [6.07, 6.45) is 11.6. The van der Waals surface area contributed by atoms with E-state index in [9.17, 15) is 4.79 Å². The number of pyridine rings is 1. The molecule has 0 N–H and O–H groups in total. The minimum Gasteiger partial charge on any atom is -0.489 e. The smallest absolute Gasteiger partial charge is 0.242 e. The predicted molar refractivity (Wildman–Crippen MR) is 86.0 cm³/mol. The molecule has 2 saturated heterocycles. The van der Waals surface area contributed by atoms with Crippen LogP contribution in [0.3, 0.4) is 0 Å². The number of piperidine rings is 1. The number of rotatable bonds is 4. The van der Waals surface area contributed by atoms with Gasteiger partial charge in [0.2, 0.25) is 5.91 Å². The van der Waals surface area contributed by atoms with Crippen molar-refractivity contribution >= 4 is 5.91 Å². The largest absolute Gasteiger partial charge is 0.489 e. The molecule has 2 atom stereocenters.